The van der Waals surface area contributed by atoms with Gasteiger partial charge in [-0.05, 0) is 35.6 Å². The molecule has 1 aliphatic heterocycles. The summed E-state index contributed by atoms with van der Waals surface area (Å²) in [6.45, 7) is 6.33. The normalized spacial score (nSPS) is 24.6. The van der Waals surface area contributed by atoms with Gasteiger partial charge in [0, 0.05) is 16.0 Å². The molecule has 3 heteroatoms. The molecule has 0 spiro atoms. The van der Waals surface area contributed by atoms with Gasteiger partial charge in [-0.15, -0.1) is 0 Å². The number of benzene rings is 1. The van der Waals surface area contributed by atoms with Crippen LogP contribution in [-0.4, -0.2) is 10.4 Å². The molecule has 1 aromatic rings. The van der Waals surface area contributed by atoms with Gasteiger partial charge in [-0.1, -0.05) is 31.5 Å². The van der Waals surface area contributed by atoms with E-state index in [0.717, 1.165) is 27.5 Å². The minimum Gasteiger partial charge on any atom is -0.387 e. The first-order chi connectivity index (χ1) is 7.50. The number of rotatable bonds is 1. The van der Waals surface area contributed by atoms with Crippen LogP contribution in [-0.2, 0) is 5.75 Å². The highest BCUT2D eigenvalue weighted by Gasteiger charge is 2.31. The zero-order chi connectivity index (χ0) is 11.9. The largest absolute Gasteiger partial charge is 0.387 e. The summed E-state index contributed by atoms with van der Waals surface area (Å²) in [6.07, 6.45) is -0.383. The predicted octanol–water partition coefficient (Wildman–Crippen LogP) is 3.95. The Morgan fingerprint density at radius 1 is 1.44 bits per heavy atom. The zero-order valence-corrected chi connectivity index (χ0v) is 11.4. The fourth-order valence-electron chi connectivity index (χ4n) is 2.22. The minimum absolute atomic E-state index is 0.283. The SMILES string of the molecule is Cc1cc(Cl)c2c(c1)C(O)C(C(C)C)SC2. The summed E-state index contributed by atoms with van der Waals surface area (Å²) in [6, 6.07) is 4.05. The highest BCUT2D eigenvalue weighted by atomic mass is 35.5. The maximum atomic E-state index is 10.4. The molecule has 0 saturated carbocycles. The lowest BCUT2D eigenvalue weighted by Gasteiger charge is -2.33. The van der Waals surface area contributed by atoms with Crippen LogP contribution in [0.5, 0.6) is 0 Å². The molecule has 0 amide bonds. The molecule has 1 aromatic carbocycles. The number of halogens is 1. The van der Waals surface area contributed by atoms with E-state index in [-0.39, 0.29) is 11.4 Å². The average Bonchev–Trinajstić information content (AvgIpc) is 2.19. The maximum absolute atomic E-state index is 10.4. The molecule has 0 saturated heterocycles. The van der Waals surface area contributed by atoms with Gasteiger partial charge in [-0.25, -0.2) is 0 Å². The molecule has 0 radical (unpaired) electrons. The smallest absolute Gasteiger partial charge is 0.0914 e. The number of aryl methyl sites for hydroxylation is 1. The lowest BCUT2D eigenvalue weighted by Crippen LogP contribution is -2.26. The molecule has 0 bridgehead atoms. The Kier molecular flexibility index (Phi) is 3.53. The molecule has 16 heavy (non-hydrogen) atoms. The first-order valence-corrected chi connectivity index (χ1v) is 7.02. The molecule has 1 heterocycles. The van der Waals surface area contributed by atoms with Crippen LogP contribution < -0.4 is 0 Å². The second kappa shape index (κ2) is 4.59. The number of hydrogen-bond donors (Lipinski definition) is 1. The molecule has 88 valence electrons. The van der Waals surface area contributed by atoms with E-state index in [0.29, 0.717) is 5.92 Å². The van der Waals surface area contributed by atoms with Crippen LogP contribution >= 0.6 is 23.4 Å². The molecule has 0 aliphatic carbocycles. The van der Waals surface area contributed by atoms with Gasteiger partial charge in [-0.3, -0.25) is 0 Å². The van der Waals surface area contributed by atoms with E-state index in [4.69, 9.17) is 11.6 Å². The highest BCUT2D eigenvalue weighted by Crippen LogP contribution is 2.43. The van der Waals surface area contributed by atoms with E-state index in [2.05, 4.69) is 19.9 Å². The van der Waals surface area contributed by atoms with Crippen LogP contribution in [0, 0.1) is 12.8 Å². The molecular weight excluding hydrogens is 240 g/mol. The van der Waals surface area contributed by atoms with Crippen LogP contribution in [0.4, 0.5) is 0 Å². The van der Waals surface area contributed by atoms with Gasteiger partial charge in [0.2, 0.25) is 0 Å². The second-order valence-corrected chi connectivity index (χ2v) is 6.35. The molecule has 1 aliphatic rings. The van der Waals surface area contributed by atoms with Crippen LogP contribution in [0.3, 0.4) is 0 Å². The molecule has 1 N–H and O–H groups in total. The standard InChI is InChI=1S/C13H17ClOS/c1-7(2)13-12(15)9-4-8(3)5-11(14)10(9)6-16-13/h4-5,7,12-13,15H,6H2,1-3H3. The Bertz CT molecular complexity index is 403. The molecule has 0 fully saturated rings. The summed E-state index contributed by atoms with van der Waals surface area (Å²) >= 11 is 8.02. The lowest BCUT2D eigenvalue weighted by molar-refractivity contribution is 0.156. The Labute approximate surface area is 106 Å². The van der Waals surface area contributed by atoms with Crippen molar-refractivity contribution in [1.82, 2.24) is 0 Å². The van der Waals surface area contributed by atoms with Crippen molar-refractivity contribution in [3.05, 3.63) is 33.8 Å². The van der Waals surface area contributed by atoms with Crippen LogP contribution in [0.25, 0.3) is 0 Å². The van der Waals surface area contributed by atoms with Gasteiger partial charge in [0.05, 0.1) is 6.10 Å². The summed E-state index contributed by atoms with van der Waals surface area (Å²) in [5.74, 6) is 1.39. The van der Waals surface area contributed by atoms with Gasteiger partial charge >= 0.3 is 0 Å². The summed E-state index contributed by atoms with van der Waals surface area (Å²) in [7, 11) is 0. The Morgan fingerprint density at radius 3 is 2.75 bits per heavy atom. The lowest BCUT2D eigenvalue weighted by atomic mass is 9.93. The van der Waals surface area contributed by atoms with Crippen molar-refractivity contribution in [2.45, 2.75) is 37.9 Å². The molecule has 1 nitrogen and oxygen atoms in total. The molecule has 2 atom stereocenters. The maximum Gasteiger partial charge on any atom is 0.0914 e. The first kappa shape index (κ1) is 12.3. The van der Waals surface area contributed by atoms with Crippen molar-refractivity contribution in [3.63, 3.8) is 0 Å². The van der Waals surface area contributed by atoms with Crippen molar-refractivity contribution in [2.75, 3.05) is 0 Å². The minimum atomic E-state index is -0.383. The topological polar surface area (TPSA) is 20.2 Å². The van der Waals surface area contributed by atoms with E-state index >= 15 is 0 Å². The Balaban J connectivity index is 2.44. The van der Waals surface area contributed by atoms with Gasteiger partial charge in [0.25, 0.3) is 0 Å². The van der Waals surface area contributed by atoms with Crippen LogP contribution in [0.1, 0.15) is 36.6 Å². The number of fused-ring (bicyclic) bond motifs is 1. The zero-order valence-electron chi connectivity index (χ0n) is 9.83. The molecule has 0 aromatic heterocycles. The average molecular weight is 257 g/mol. The van der Waals surface area contributed by atoms with E-state index in [9.17, 15) is 5.11 Å². The first-order valence-electron chi connectivity index (χ1n) is 5.59. The van der Waals surface area contributed by atoms with Gasteiger partial charge in [0.15, 0.2) is 0 Å². The summed E-state index contributed by atoms with van der Waals surface area (Å²) in [5, 5.41) is 11.4. The van der Waals surface area contributed by atoms with Crippen molar-refractivity contribution in [1.29, 1.82) is 0 Å². The third-order valence-electron chi connectivity index (χ3n) is 3.08. The summed E-state index contributed by atoms with van der Waals surface area (Å²) in [5.41, 5.74) is 3.27. The van der Waals surface area contributed by atoms with Crippen molar-refractivity contribution in [3.8, 4) is 0 Å². The summed E-state index contributed by atoms with van der Waals surface area (Å²) < 4.78 is 0. The van der Waals surface area contributed by atoms with Gasteiger partial charge in [0.1, 0.15) is 0 Å². The fraction of sp³-hybridized carbons (Fsp3) is 0.538. The van der Waals surface area contributed by atoms with E-state index in [1.54, 1.807) is 0 Å². The van der Waals surface area contributed by atoms with Gasteiger partial charge in [-0.2, -0.15) is 11.8 Å². The molecular formula is C13H17ClOS. The fourth-order valence-corrected chi connectivity index (χ4v) is 4.04. The predicted molar refractivity (Wildman–Crippen MR) is 71.1 cm³/mol. The Morgan fingerprint density at radius 2 is 2.12 bits per heavy atom. The second-order valence-electron chi connectivity index (χ2n) is 4.78. The van der Waals surface area contributed by atoms with Gasteiger partial charge < -0.3 is 5.11 Å². The molecule has 2 unspecified atom stereocenters. The summed E-state index contributed by atoms with van der Waals surface area (Å²) in [4.78, 5) is 0. The molecule has 2 rings (SSSR count). The highest BCUT2D eigenvalue weighted by molar-refractivity contribution is 7.99. The number of hydrogen-bond acceptors (Lipinski definition) is 2. The third-order valence-corrected chi connectivity index (χ3v) is 5.06. The Hall–Kier alpha value is -0.180. The number of aliphatic hydroxyl groups excluding tert-OH is 1. The van der Waals surface area contributed by atoms with E-state index in [1.807, 2.05) is 24.8 Å². The monoisotopic (exact) mass is 256 g/mol. The number of aliphatic hydroxyl groups is 1. The van der Waals surface area contributed by atoms with Crippen molar-refractivity contribution >= 4 is 23.4 Å². The van der Waals surface area contributed by atoms with Crippen LogP contribution in [0.2, 0.25) is 5.02 Å². The van der Waals surface area contributed by atoms with Crippen LogP contribution in [0.15, 0.2) is 12.1 Å². The third kappa shape index (κ3) is 2.11. The quantitative estimate of drug-likeness (QED) is 0.821. The van der Waals surface area contributed by atoms with Crippen molar-refractivity contribution < 1.29 is 5.11 Å². The van der Waals surface area contributed by atoms with E-state index in [1.165, 1.54) is 0 Å². The van der Waals surface area contributed by atoms with E-state index < -0.39 is 0 Å². The van der Waals surface area contributed by atoms with Crippen molar-refractivity contribution in [2.24, 2.45) is 5.92 Å². The number of thioether (sulfide) groups is 1.